The van der Waals surface area contributed by atoms with Crippen LogP contribution in [0, 0.1) is 0 Å². The molecule has 0 aliphatic rings. The molecule has 0 aromatic carbocycles. The van der Waals surface area contributed by atoms with Crippen LogP contribution in [0.15, 0.2) is 54.5 Å². The third-order valence-electron chi connectivity index (χ3n) is 3.54. The summed E-state index contributed by atoms with van der Waals surface area (Å²) in [6.45, 7) is 0. The van der Waals surface area contributed by atoms with Gasteiger partial charge in [0.25, 0.3) is 0 Å². The molecule has 4 heterocycles. The van der Waals surface area contributed by atoms with E-state index in [1.165, 1.54) is 0 Å². The van der Waals surface area contributed by atoms with Gasteiger partial charge in [0.15, 0.2) is 0 Å². The van der Waals surface area contributed by atoms with E-state index < -0.39 is 0 Å². The van der Waals surface area contributed by atoms with Crippen LogP contribution in [0.25, 0.3) is 23.4 Å². The van der Waals surface area contributed by atoms with Gasteiger partial charge in [-0.15, -0.1) is 5.73 Å². The zero-order valence-electron chi connectivity index (χ0n) is 12.0. The molecule has 0 unspecified atom stereocenters. The van der Waals surface area contributed by atoms with Gasteiger partial charge in [0.2, 0.25) is 11.8 Å². The Hall–Kier alpha value is -3.50. The van der Waals surface area contributed by atoms with Crippen molar-refractivity contribution in [2.24, 2.45) is 0 Å². The zero-order valence-corrected chi connectivity index (χ0v) is 12.0. The summed E-state index contributed by atoms with van der Waals surface area (Å²) in [5.74, 6) is -0.140. The van der Waals surface area contributed by atoms with Crippen molar-refractivity contribution in [2.45, 2.75) is 0 Å². The molecule has 6 nitrogen and oxygen atoms in total. The summed E-state index contributed by atoms with van der Waals surface area (Å²) in [6, 6.07) is 11.0. The minimum atomic E-state index is -0.0699. The second kappa shape index (κ2) is 5.05. The van der Waals surface area contributed by atoms with Crippen molar-refractivity contribution >= 4 is 23.4 Å². The molecule has 0 saturated heterocycles. The first-order valence-electron chi connectivity index (χ1n) is 6.98. The lowest BCUT2D eigenvalue weighted by Crippen LogP contribution is -1.85. The summed E-state index contributed by atoms with van der Waals surface area (Å²) in [6.07, 6.45) is 6.83. The van der Waals surface area contributed by atoms with Crippen molar-refractivity contribution in [1.29, 1.82) is 0 Å². The molecule has 4 rings (SSSR count). The van der Waals surface area contributed by atoms with E-state index in [2.05, 4.69) is 15.7 Å². The van der Waals surface area contributed by atoms with Crippen LogP contribution >= 0.6 is 0 Å². The lowest BCUT2D eigenvalue weighted by Gasteiger charge is -1.94. The third kappa shape index (κ3) is 2.14. The Morgan fingerprint density at radius 2 is 1.26 bits per heavy atom. The van der Waals surface area contributed by atoms with Gasteiger partial charge in [0, 0.05) is 24.5 Å². The zero-order chi connectivity index (χ0) is 15.8. The predicted molar refractivity (Wildman–Crippen MR) is 86.2 cm³/mol. The van der Waals surface area contributed by atoms with E-state index in [1.54, 1.807) is 45.5 Å². The van der Waals surface area contributed by atoms with Gasteiger partial charge in [0.1, 0.15) is 22.7 Å². The maximum Gasteiger partial charge on any atom is 0.238 e. The average molecular weight is 304 g/mol. The number of hydrogen-bond acceptors (Lipinski definition) is 4. The molecule has 0 amide bonds. The third-order valence-corrected chi connectivity index (χ3v) is 3.54. The smallest absolute Gasteiger partial charge is 0.238 e. The Morgan fingerprint density at radius 1 is 0.783 bits per heavy atom. The highest BCUT2D eigenvalue weighted by atomic mass is 16.3. The fourth-order valence-electron chi connectivity index (χ4n) is 2.47. The summed E-state index contributed by atoms with van der Waals surface area (Å²) in [4.78, 5) is 8.13. The van der Waals surface area contributed by atoms with Gasteiger partial charge in [-0.1, -0.05) is 12.1 Å². The van der Waals surface area contributed by atoms with Gasteiger partial charge in [-0.25, -0.2) is 0 Å². The van der Waals surface area contributed by atoms with Crippen molar-refractivity contribution in [2.75, 3.05) is 0 Å². The van der Waals surface area contributed by atoms with Gasteiger partial charge in [-0.05, 0) is 24.3 Å². The lowest BCUT2D eigenvalue weighted by molar-refractivity contribution is 0.455. The second-order valence-corrected chi connectivity index (χ2v) is 4.95. The van der Waals surface area contributed by atoms with Gasteiger partial charge in [-0.2, -0.15) is 9.97 Å². The molecule has 6 heteroatoms. The van der Waals surface area contributed by atoms with Crippen LogP contribution < -0.4 is 0 Å². The highest BCUT2D eigenvalue weighted by molar-refractivity contribution is 5.64. The van der Waals surface area contributed by atoms with Crippen LogP contribution in [0.3, 0.4) is 0 Å². The highest BCUT2D eigenvalue weighted by Crippen LogP contribution is 2.21. The van der Waals surface area contributed by atoms with Crippen molar-refractivity contribution in [1.82, 2.24) is 18.8 Å². The molecule has 0 spiro atoms. The maximum atomic E-state index is 9.93. The Bertz CT molecular complexity index is 1000. The molecule has 112 valence electrons. The first-order valence-corrected chi connectivity index (χ1v) is 6.98. The Kier molecular flexibility index (Phi) is 2.89. The summed E-state index contributed by atoms with van der Waals surface area (Å²) in [5.41, 5.74) is 5.30. The van der Waals surface area contributed by atoms with Gasteiger partial charge >= 0.3 is 0 Å². The lowest BCUT2D eigenvalue weighted by atomic mass is 10.3. The average Bonchev–Trinajstić information content (AvgIpc) is 3.04. The van der Waals surface area contributed by atoms with Crippen LogP contribution in [0.4, 0.5) is 0 Å². The van der Waals surface area contributed by atoms with Gasteiger partial charge in [0.05, 0.1) is 0 Å². The molecule has 4 aromatic heterocycles. The van der Waals surface area contributed by atoms with Crippen LogP contribution in [0.2, 0.25) is 0 Å². The van der Waals surface area contributed by atoms with E-state index in [1.807, 2.05) is 24.3 Å². The fraction of sp³-hybridized carbons (Fsp3) is 0. The molecule has 4 aromatic rings. The van der Waals surface area contributed by atoms with Crippen LogP contribution in [0.5, 0.6) is 11.8 Å². The minimum Gasteiger partial charge on any atom is -0.492 e. The number of pyridine rings is 2. The SMILES string of the molecule is Oc1nc2ccccn2c1C=C=Cc1c(O)nc2ccccn12. The molecular formula is C17H12N4O2. The van der Waals surface area contributed by atoms with Crippen molar-refractivity contribution in [3.8, 4) is 11.8 Å². The normalized spacial score (nSPS) is 10.8. The summed E-state index contributed by atoms with van der Waals surface area (Å²) in [7, 11) is 0. The monoisotopic (exact) mass is 304 g/mol. The van der Waals surface area contributed by atoms with E-state index in [-0.39, 0.29) is 11.8 Å². The number of hydrogen-bond donors (Lipinski definition) is 2. The number of aromatic hydroxyl groups is 2. The van der Waals surface area contributed by atoms with E-state index in [9.17, 15) is 10.2 Å². The van der Waals surface area contributed by atoms with Crippen LogP contribution in [0.1, 0.15) is 11.4 Å². The predicted octanol–water partition coefficient (Wildman–Crippen LogP) is 2.72. The van der Waals surface area contributed by atoms with Gasteiger partial charge in [-0.3, -0.25) is 8.80 Å². The number of nitrogens with zero attached hydrogens (tertiary/aromatic N) is 4. The molecule has 0 aliphatic carbocycles. The van der Waals surface area contributed by atoms with Crippen LogP contribution in [-0.4, -0.2) is 29.0 Å². The second-order valence-electron chi connectivity index (χ2n) is 4.95. The molecule has 0 bridgehead atoms. The summed E-state index contributed by atoms with van der Waals surface area (Å²) < 4.78 is 3.51. The van der Waals surface area contributed by atoms with Crippen molar-refractivity contribution in [3.63, 3.8) is 0 Å². The standard InChI is InChI=1S/C17H12N4O2/c22-16-12(20-10-3-1-8-14(20)18-16)6-5-7-13-17(23)19-15-9-2-4-11-21(13)15/h1-4,6-11,22-23H. The molecule has 0 fully saturated rings. The first-order chi connectivity index (χ1) is 11.2. The highest BCUT2D eigenvalue weighted by Gasteiger charge is 2.08. The maximum absolute atomic E-state index is 9.93. The number of aromatic nitrogens is 4. The Balaban J connectivity index is 1.82. The Labute approximate surface area is 130 Å². The van der Waals surface area contributed by atoms with Crippen molar-refractivity contribution in [3.05, 3.63) is 65.9 Å². The molecule has 23 heavy (non-hydrogen) atoms. The first kappa shape index (κ1) is 13.2. The number of imidazole rings is 2. The molecule has 0 atom stereocenters. The number of rotatable bonds is 2. The van der Waals surface area contributed by atoms with E-state index in [0.29, 0.717) is 22.7 Å². The summed E-state index contributed by atoms with van der Waals surface area (Å²) >= 11 is 0. The quantitative estimate of drug-likeness (QED) is 0.558. The summed E-state index contributed by atoms with van der Waals surface area (Å²) in [5, 5.41) is 19.9. The molecule has 0 radical (unpaired) electrons. The number of fused-ring (bicyclic) bond motifs is 2. The van der Waals surface area contributed by atoms with E-state index >= 15 is 0 Å². The molecular weight excluding hydrogens is 292 g/mol. The molecule has 0 saturated carbocycles. The van der Waals surface area contributed by atoms with Crippen molar-refractivity contribution < 1.29 is 10.2 Å². The van der Waals surface area contributed by atoms with E-state index in [4.69, 9.17) is 0 Å². The van der Waals surface area contributed by atoms with Gasteiger partial charge < -0.3 is 10.2 Å². The molecule has 0 aliphatic heterocycles. The molecule has 2 N–H and O–H groups in total. The fourth-order valence-corrected chi connectivity index (χ4v) is 2.47. The van der Waals surface area contributed by atoms with Crippen LogP contribution in [-0.2, 0) is 0 Å². The minimum absolute atomic E-state index is 0.0699. The largest absolute Gasteiger partial charge is 0.492 e. The van der Waals surface area contributed by atoms with E-state index in [0.717, 1.165) is 0 Å². The topological polar surface area (TPSA) is 75.1 Å². The Morgan fingerprint density at radius 3 is 1.74 bits per heavy atom.